The van der Waals surface area contributed by atoms with Crippen LogP contribution in [0.5, 0.6) is 0 Å². The van der Waals surface area contributed by atoms with Crippen LogP contribution >= 0.6 is 11.3 Å². The van der Waals surface area contributed by atoms with Crippen LogP contribution in [0, 0.1) is 0 Å². The zero-order valence-electron chi connectivity index (χ0n) is 8.92. The largest absolute Gasteiger partial charge is 0.459 e. The van der Waals surface area contributed by atoms with Gasteiger partial charge in [0.1, 0.15) is 0 Å². The lowest BCUT2D eigenvalue weighted by Crippen LogP contribution is -2.28. The summed E-state index contributed by atoms with van der Waals surface area (Å²) >= 11 is 1.60. The summed E-state index contributed by atoms with van der Waals surface area (Å²) in [6, 6.07) is 3.38. The molecule has 16 heavy (non-hydrogen) atoms. The smallest absolute Gasteiger partial charge is 0.289 e. The summed E-state index contributed by atoms with van der Waals surface area (Å²) in [6.07, 6.45) is 4.05. The van der Waals surface area contributed by atoms with Gasteiger partial charge in [-0.2, -0.15) is 0 Å². The first-order chi connectivity index (χ1) is 7.77. The molecule has 0 N–H and O–H groups in total. The molecule has 0 fully saturated rings. The molecule has 2 heterocycles. The Morgan fingerprint density at radius 2 is 2.50 bits per heavy atom. The third-order valence-corrected chi connectivity index (χ3v) is 3.06. The minimum absolute atomic E-state index is 0.0958. The highest BCUT2D eigenvalue weighted by Gasteiger charge is 2.14. The van der Waals surface area contributed by atoms with E-state index in [0.29, 0.717) is 12.3 Å². The molecule has 0 aromatic carbocycles. The van der Waals surface area contributed by atoms with E-state index in [9.17, 15) is 4.79 Å². The normalized spacial score (nSPS) is 10.3. The van der Waals surface area contributed by atoms with Gasteiger partial charge < -0.3 is 9.32 Å². The van der Waals surface area contributed by atoms with Crippen LogP contribution in [0.4, 0.5) is 0 Å². The van der Waals surface area contributed by atoms with Gasteiger partial charge in [-0.25, -0.2) is 4.98 Å². The summed E-state index contributed by atoms with van der Waals surface area (Å²) in [6.45, 7) is 0.646. The van der Waals surface area contributed by atoms with Crippen molar-refractivity contribution in [3.05, 3.63) is 40.7 Å². The van der Waals surface area contributed by atoms with Gasteiger partial charge in [0.25, 0.3) is 5.91 Å². The zero-order valence-corrected chi connectivity index (χ0v) is 9.74. The molecule has 0 saturated heterocycles. The molecule has 0 unspecified atom stereocenters. The standard InChI is InChI=1S/C11H12N2O2S/c1-13(6-4-10-12-5-8-16-10)11(14)9-3-2-7-15-9/h2-3,5,7-8H,4,6H2,1H3. The second-order valence-electron chi connectivity index (χ2n) is 3.38. The van der Waals surface area contributed by atoms with Crippen molar-refractivity contribution in [2.24, 2.45) is 0 Å². The molecule has 0 saturated carbocycles. The SMILES string of the molecule is CN(CCc1nccs1)C(=O)c1ccco1. The van der Waals surface area contributed by atoms with E-state index in [4.69, 9.17) is 4.42 Å². The molecule has 0 aliphatic heterocycles. The lowest BCUT2D eigenvalue weighted by molar-refractivity contribution is 0.0765. The summed E-state index contributed by atoms with van der Waals surface area (Å²) < 4.78 is 5.05. The van der Waals surface area contributed by atoms with Gasteiger partial charge in [-0.3, -0.25) is 4.79 Å². The maximum Gasteiger partial charge on any atom is 0.289 e. The number of carbonyl (C=O) groups excluding carboxylic acids is 1. The highest BCUT2D eigenvalue weighted by molar-refractivity contribution is 7.09. The summed E-state index contributed by atoms with van der Waals surface area (Å²) in [5.74, 6) is 0.281. The van der Waals surface area contributed by atoms with Gasteiger partial charge in [-0.1, -0.05) is 0 Å². The zero-order chi connectivity index (χ0) is 11.4. The van der Waals surface area contributed by atoms with Crippen molar-refractivity contribution >= 4 is 17.2 Å². The van der Waals surface area contributed by atoms with E-state index in [1.807, 2.05) is 5.38 Å². The van der Waals surface area contributed by atoms with Crippen LogP contribution in [-0.4, -0.2) is 29.4 Å². The molecular weight excluding hydrogens is 224 g/mol. The molecule has 1 amide bonds. The number of aromatic nitrogens is 1. The predicted molar refractivity (Wildman–Crippen MR) is 61.5 cm³/mol. The van der Waals surface area contributed by atoms with Gasteiger partial charge in [0, 0.05) is 31.6 Å². The number of furan rings is 1. The fraction of sp³-hybridized carbons (Fsp3) is 0.273. The van der Waals surface area contributed by atoms with E-state index in [0.717, 1.165) is 11.4 Å². The second-order valence-corrected chi connectivity index (χ2v) is 4.36. The molecule has 5 heteroatoms. The Hall–Kier alpha value is -1.62. The molecule has 0 atom stereocenters. The molecule has 0 aliphatic carbocycles. The highest BCUT2D eigenvalue weighted by Crippen LogP contribution is 2.08. The van der Waals surface area contributed by atoms with Crippen molar-refractivity contribution in [2.75, 3.05) is 13.6 Å². The van der Waals surface area contributed by atoms with Gasteiger partial charge in [-0.05, 0) is 12.1 Å². The first kappa shape index (κ1) is 10.9. The molecule has 2 aromatic rings. The average molecular weight is 236 g/mol. The van der Waals surface area contributed by atoms with Crippen LogP contribution in [-0.2, 0) is 6.42 Å². The predicted octanol–water partition coefficient (Wildman–Crippen LogP) is 2.05. The summed E-state index contributed by atoms with van der Waals surface area (Å²) in [5, 5.41) is 2.98. The molecular formula is C11H12N2O2S. The van der Waals surface area contributed by atoms with Crippen molar-refractivity contribution in [3.63, 3.8) is 0 Å². The Bertz CT molecular complexity index is 437. The number of amides is 1. The Morgan fingerprint density at radius 3 is 3.12 bits per heavy atom. The van der Waals surface area contributed by atoms with E-state index in [2.05, 4.69) is 4.98 Å². The summed E-state index contributed by atoms with van der Waals surface area (Å²) in [4.78, 5) is 17.6. The number of likely N-dealkylation sites (N-methyl/N-ethyl adjacent to an activating group) is 1. The monoisotopic (exact) mass is 236 g/mol. The average Bonchev–Trinajstić information content (AvgIpc) is 2.96. The van der Waals surface area contributed by atoms with E-state index < -0.39 is 0 Å². The van der Waals surface area contributed by atoms with E-state index in [1.165, 1.54) is 6.26 Å². The van der Waals surface area contributed by atoms with E-state index in [-0.39, 0.29) is 5.91 Å². The minimum atomic E-state index is -0.0958. The Morgan fingerprint density at radius 1 is 1.62 bits per heavy atom. The maximum atomic E-state index is 11.8. The third kappa shape index (κ3) is 2.49. The van der Waals surface area contributed by atoms with Gasteiger partial charge >= 0.3 is 0 Å². The Balaban J connectivity index is 1.89. The van der Waals surface area contributed by atoms with E-state index in [1.54, 1.807) is 41.6 Å². The van der Waals surface area contributed by atoms with E-state index >= 15 is 0 Å². The maximum absolute atomic E-state index is 11.8. The lowest BCUT2D eigenvalue weighted by Gasteiger charge is -2.14. The van der Waals surface area contributed by atoms with Crippen molar-refractivity contribution in [1.29, 1.82) is 0 Å². The molecule has 2 rings (SSSR count). The quantitative estimate of drug-likeness (QED) is 0.816. The first-order valence-corrected chi connectivity index (χ1v) is 5.82. The van der Waals surface area contributed by atoms with Crippen LogP contribution in [0.3, 0.4) is 0 Å². The second kappa shape index (κ2) is 4.94. The molecule has 0 spiro atoms. The fourth-order valence-corrected chi connectivity index (χ4v) is 1.94. The van der Waals surface area contributed by atoms with Crippen LogP contribution in [0.25, 0.3) is 0 Å². The number of carbonyl (C=O) groups is 1. The molecule has 0 radical (unpaired) electrons. The Labute approximate surface area is 97.5 Å². The van der Waals surface area contributed by atoms with Crippen molar-refractivity contribution in [1.82, 2.24) is 9.88 Å². The number of hydrogen-bond donors (Lipinski definition) is 0. The third-order valence-electron chi connectivity index (χ3n) is 2.22. The van der Waals surface area contributed by atoms with Gasteiger partial charge in [0.15, 0.2) is 5.76 Å². The minimum Gasteiger partial charge on any atom is -0.459 e. The number of rotatable bonds is 4. The molecule has 4 nitrogen and oxygen atoms in total. The van der Waals surface area contributed by atoms with Crippen molar-refractivity contribution in [3.8, 4) is 0 Å². The van der Waals surface area contributed by atoms with Crippen LogP contribution in [0.15, 0.2) is 34.4 Å². The number of hydrogen-bond acceptors (Lipinski definition) is 4. The Kier molecular flexibility index (Phi) is 3.36. The number of thiazole rings is 1. The topological polar surface area (TPSA) is 46.3 Å². The molecule has 0 aliphatic rings. The van der Waals surface area contributed by atoms with Crippen LogP contribution in [0.2, 0.25) is 0 Å². The van der Waals surface area contributed by atoms with Crippen LogP contribution < -0.4 is 0 Å². The van der Waals surface area contributed by atoms with Gasteiger partial charge in [-0.15, -0.1) is 11.3 Å². The first-order valence-electron chi connectivity index (χ1n) is 4.94. The van der Waals surface area contributed by atoms with Gasteiger partial charge in [0.2, 0.25) is 0 Å². The molecule has 2 aromatic heterocycles. The van der Waals surface area contributed by atoms with Crippen molar-refractivity contribution < 1.29 is 9.21 Å². The van der Waals surface area contributed by atoms with Crippen molar-refractivity contribution in [2.45, 2.75) is 6.42 Å². The molecule has 84 valence electrons. The van der Waals surface area contributed by atoms with Gasteiger partial charge in [0.05, 0.1) is 11.3 Å². The summed E-state index contributed by atoms with van der Waals surface area (Å²) in [5.41, 5.74) is 0. The molecule has 0 bridgehead atoms. The summed E-state index contributed by atoms with van der Waals surface area (Å²) in [7, 11) is 1.76. The fourth-order valence-electron chi connectivity index (χ4n) is 1.33. The highest BCUT2D eigenvalue weighted by atomic mass is 32.1. The lowest BCUT2D eigenvalue weighted by atomic mass is 10.3. The number of nitrogens with zero attached hydrogens (tertiary/aromatic N) is 2. The van der Waals surface area contributed by atoms with Crippen LogP contribution in [0.1, 0.15) is 15.6 Å².